The van der Waals surface area contributed by atoms with E-state index >= 15 is 0 Å². The molecule has 0 bridgehead atoms. The molecule has 0 saturated heterocycles. The fourth-order valence-corrected chi connectivity index (χ4v) is 2.07. The molecule has 1 aromatic carbocycles. The van der Waals surface area contributed by atoms with Crippen molar-refractivity contribution < 1.29 is 9.53 Å². The minimum Gasteiger partial charge on any atom is -0.465 e. The maximum atomic E-state index is 11.9. The Labute approximate surface area is 121 Å². The summed E-state index contributed by atoms with van der Waals surface area (Å²) in [5.74, 6) is -0.277. The summed E-state index contributed by atoms with van der Waals surface area (Å²) >= 11 is 9.31. The molecule has 18 heavy (non-hydrogen) atoms. The second-order valence-electron chi connectivity index (χ2n) is 4.18. The van der Waals surface area contributed by atoms with Crippen LogP contribution in [-0.2, 0) is 9.53 Å². The van der Waals surface area contributed by atoms with Crippen LogP contribution in [0.5, 0.6) is 0 Å². The highest BCUT2D eigenvalue weighted by Gasteiger charge is 2.23. The molecule has 0 spiro atoms. The van der Waals surface area contributed by atoms with Gasteiger partial charge in [0.1, 0.15) is 6.04 Å². The number of esters is 1. The largest absolute Gasteiger partial charge is 0.465 e. The van der Waals surface area contributed by atoms with Crippen LogP contribution in [-0.4, -0.2) is 18.6 Å². The standard InChI is InChI=1S/C13H17BrClNO2/c1-4-18-13(17)12(16-8(2)3)9-5-6-11(15)10(14)7-9/h5-8,12,16H,4H2,1-3H3. The fraction of sp³-hybridized carbons (Fsp3) is 0.462. The maximum absolute atomic E-state index is 11.9. The SMILES string of the molecule is CCOC(=O)C(NC(C)C)c1ccc(Cl)c(Br)c1. The van der Waals surface area contributed by atoms with Crippen molar-refractivity contribution in [3.63, 3.8) is 0 Å². The van der Waals surface area contributed by atoms with Gasteiger partial charge in [-0.15, -0.1) is 0 Å². The van der Waals surface area contributed by atoms with Gasteiger partial charge >= 0.3 is 5.97 Å². The molecule has 0 aromatic heterocycles. The molecule has 1 rings (SSSR count). The van der Waals surface area contributed by atoms with Crippen molar-refractivity contribution in [1.82, 2.24) is 5.32 Å². The first-order chi connectivity index (χ1) is 8.45. The van der Waals surface area contributed by atoms with Gasteiger partial charge in [-0.05, 0) is 54.4 Å². The summed E-state index contributed by atoms with van der Waals surface area (Å²) in [5.41, 5.74) is 0.832. The lowest BCUT2D eigenvalue weighted by Gasteiger charge is -2.20. The third-order valence-electron chi connectivity index (χ3n) is 2.30. The lowest BCUT2D eigenvalue weighted by atomic mass is 10.1. The highest BCUT2D eigenvalue weighted by Crippen LogP contribution is 2.26. The maximum Gasteiger partial charge on any atom is 0.327 e. The lowest BCUT2D eigenvalue weighted by molar-refractivity contribution is -0.146. The zero-order valence-corrected chi connectivity index (χ0v) is 13.0. The van der Waals surface area contributed by atoms with Gasteiger partial charge in [-0.25, -0.2) is 4.79 Å². The molecule has 100 valence electrons. The van der Waals surface area contributed by atoms with Crippen LogP contribution in [0.1, 0.15) is 32.4 Å². The average Bonchev–Trinajstić information content (AvgIpc) is 2.30. The van der Waals surface area contributed by atoms with E-state index in [0.717, 1.165) is 10.0 Å². The molecule has 0 aliphatic heterocycles. The average molecular weight is 335 g/mol. The van der Waals surface area contributed by atoms with Gasteiger partial charge in [-0.1, -0.05) is 17.7 Å². The molecule has 0 aliphatic rings. The van der Waals surface area contributed by atoms with Crippen molar-refractivity contribution in [2.75, 3.05) is 6.61 Å². The van der Waals surface area contributed by atoms with E-state index in [1.54, 1.807) is 13.0 Å². The van der Waals surface area contributed by atoms with Crippen LogP contribution in [0.4, 0.5) is 0 Å². The number of halogens is 2. The Morgan fingerprint density at radius 2 is 2.17 bits per heavy atom. The summed E-state index contributed by atoms with van der Waals surface area (Å²) in [6.07, 6.45) is 0. The predicted molar refractivity (Wildman–Crippen MR) is 76.8 cm³/mol. The Balaban J connectivity index is 3.00. The smallest absolute Gasteiger partial charge is 0.327 e. The molecule has 0 amide bonds. The first-order valence-electron chi connectivity index (χ1n) is 5.83. The van der Waals surface area contributed by atoms with Gasteiger partial charge < -0.3 is 4.74 Å². The molecule has 1 atom stereocenters. The van der Waals surface area contributed by atoms with Crippen molar-refractivity contribution in [2.45, 2.75) is 32.9 Å². The van der Waals surface area contributed by atoms with Crippen molar-refractivity contribution in [3.8, 4) is 0 Å². The molecule has 0 heterocycles. The van der Waals surface area contributed by atoms with E-state index in [9.17, 15) is 4.79 Å². The summed E-state index contributed by atoms with van der Waals surface area (Å²) < 4.78 is 5.84. The van der Waals surface area contributed by atoms with E-state index < -0.39 is 6.04 Å². The molecule has 1 unspecified atom stereocenters. The van der Waals surface area contributed by atoms with Crippen LogP contribution in [0.15, 0.2) is 22.7 Å². The van der Waals surface area contributed by atoms with Gasteiger partial charge in [-0.2, -0.15) is 0 Å². The van der Waals surface area contributed by atoms with E-state index in [0.29, 0.717) is 11.6 Å². The first-order valence-corrected chi connectivity index (χ1v) is 7.00. The van der Waals surface area contributed by atoms with E-state index in [2.05, 4.69) is 21.2 Å². The number of ether oxygens (including phenoxy) is 1. The highest BCUT2D eigenvalue weighted by atomic mass is 79.9. The van der Waals surface area contributed by atoms with E-state index in [1.807, 2.05) is 26.0 Å². The number of rotatable bonds is 5. The molecule has 1 N–H and O–H groups in total. The van der Waals surface area contributed by atoms with Crippen LogP contribution in [0.25, 0.3) is 0 Å². The molecule has 5 heteroatoms. The van der Waals surface area contributed by atoms with Crippen molar-refractivity contribution in [2.24, 2.45) is 0 Å². The van der Waals surface area contributed by atoms with Crippen LogP contribution in [0.3, 0.4) is 0 Å². The van der Waals surface area contributed by atoms with E-state index in [1.165, 1.54) is 0 Å². The number of benzene rings is 1. The Bertz CT molecular complexity index is 423. The van der Waals surface area contributed by atoms with Gasteiger partial charge in [0.05, 0.1) is 11.6 Å². The lowest BCUT2D eigenvalue weighted by Crippen LogP contribution is -2.34. The van der Waals surface area contributed by atoms with Crippen molar-refractivity contribution in [1.29, 1.82) is 0 Å². The minimum absolute atomic E-state index is 0.175. The molecule has 3 nitrogen and oxygen atoms in total. The van der Waals surface area contributed by atoms with Gasteiger partial charge in [0.25, 0.3) is 0 Å². The first kappa shape index (κ1) is 15.5. The van der Waals surface area contributed by atoms with Crippen molar-refractivity contribution >= 4 is 33.5 Å². The van der Waals surface area contributed by atoms with Crippen LogP contribution in [0, 0.1) is 0 Å². The Hall–Kier alpha value is -0.580. The number of hydrogen-bond donors (Lipinski definition) is 1. The second kappa shape index (κ2) is 7.12. The molecular weight excluding hydrogens is 318 g/mol. The molecule has 0 radical (unpaired) electrons. The summed E-state index contributed by atoms with van der Waals surface area (Å²) in [5, 5.41) is 3.81. The molecule has 1 aromatic rings. The highest BCUT2D eigenvalue weighted by molar-refractivity contribution is 9.10. The van der Waals surface area contributed by atoms with E-state index in [-0.39, 0.29) is 12.0 Å². The molecule has 0 saturated carbocycles. The quantitative estimate of drug-likeness (QED) is 0.834. The molecule has 0 aliphatic carbocycles. The summed E-state index contributed by atoms with van der Waals surface area (Å²) in [7, 11) is 0. The van der Waals surface area contributed by atoms with Crippen LogP contribution in [0.2, 0.25) is 5.02 Å². The van der Waals surface area contributed by atoms with Crippen LogP contribution >= 0.6 is 27.5 Å². The Morgan fingerprint density at radius 1 is 1.50 bits per heavy atom. The Morgan fingerprint density at radius 3 is 2.67 bits per heavy atom. The second-order valence-corrected chi connectivity index (χ2v) is 5.44. The molecular formula is C13H17BrClNO2. The summed E-state index contributed by atoms with van der Waals surface area (Å²) in [6.45, 7) is 6.13. The monoisotopic (exact) mass is 333 g/mol. The van der Waals surface area contributed by atoms with Crippen LogP contribution < -0.4 is 5.32 Å². The number of nitrogens with one attached hydrogen (secondary N) is 1. The van der Waals surface area contributed by atoms with E-state index in [4.69, 9.17) is 16.3 Å². The Kier molecular flexibility index (Phi) is 6.12. The third kappa shape index (κ3) is 4.26. The zero-order chi connectivity index (χ0) is 13.7. The molecule has 0 fully saturated rings. The predicted octanol–water partition coefficient (Wildman–Crippen LogP) is 3.70. The minimum atomic E-state index is -0.474. The van der Waals surface area contributed by atoms with Gasteiger partial charge in [0, 0.05) is 10.5 Å². The van der Waals surface area contributed by atoms with Crippen molar-refractivity contribution in [3.05, 3.63) is 33.3 Å². The fourth-order valence-electron chi connectivity index (χ4n) is 1.55. The summed E-state index contributed by atoms with van der Waals surface area (Å²) in [6, 6.07) is 5.12. The van der Waals surface area contributed by atoms with Gasteiger partial charge in [0.15, 0.2) is 0 Å². The number of hydrogen-bond acceptors (Lipinski definition) is 3. The van der Waals surface area contributed by atoms with Gasteiger partial charge in [0.2, 0.25) is 0 Å². The number of carbonyl (C=O) groups excluding carboxylic acids is 1. The van der Waals surface area contributed by atoms with Gasteiger partial charge in [-0.3, -0.25) is 5.32 Å². The topological polar surface area (TPSA) is 38.3 Å². The normalized spacial score (nSPS) is 12.6. The summed E-state index contributed by atoms with van der Waals surface area (Å²) in [4.78, 5) is 11.9. The number of carbonyl (C=O) groups is 1. The zero-order valence-electron chi connectivity index (χ0n) is 10.7. The third-order valence-corrected chi connectivity index (χ3v) is 3.51.